The maximum absolute atomic E-state index is 12.9. The smallest absolute Gasteiger partial charge is 0.254 e. The number of hydrogen-bond donors (Lipinski definition) is 0. The molecular formula is C20H25N3O2. The van der Waals surface area contributed by atoms with Gasteiger partial charge in [0.05, 0.1) is 11.6 Å². The van der Waals surface area contributed by atoms with Crippen LogP contribution in [0.4, 0.5) is 0 Å². The fourth-order valence-electron chi connectivity index (χ4n) is 4.67. The van der Waals surface area contributed by atoms with Crippen molar-refractivity contribution in [3.63, 3.8) is 0 Å². The van der Waals surface area contributed by atoms with Crippen LogP contribution < -0.4 is 0 Å². The molecule has 1 aromatic carbocycles. The van der Waals surface area contributed by atoms with Gasteiger partial charge in [-0.15, -0.1) is 0 Å². The number of hydrogen-bond acceptors (Lipinski definition) is 4. The van der Waals surface area contributed by atoms with Gasteiger partial charge >= 0.3 is 0 Å². The Morgan fingerprint density at radius 1 is 1.08 bits per heavy atom. The molecule has 0 N–H and O–H groups in total. The highest BCUT2D eigenvalue weighted by Crippen LogP contribution is 2.34. The topological polar surface area (TPSA) is 56.6 Å². The van der Waals surface area contributed by atoms with E-state index < -0.39 is 0 Å². The Kier molecular flexibility index (Phi) is 4.74. The Morgan fingerprint density at radius 3 is 2.52 bits per heavy atom. The van der Waals surface area contributed by atoms with Crippen LogP contribution in [0.5, 0.6) is 0 Å². The molecule has 3 heterocycles. The number of amides is 1. The van der Waals surface area contributed by atoms with E-state index >= 15 is 0 Å². The molecule has 0 spiro atoms. The quantitative estimate of drug-likeness (QED) is 0.848. The van der Waals surface area contributed by atoms with Gasteiger partial charge in [0.25, 0.3) is 5.91 Å². The van der Waals surface area contributed by atoms with Crippen molar-refractivity contribution < 1.29 is 9.53 Å². The van der Waals surface area contributed by atoms with Crippen molar-refractivity contribution >= 4 is 5.91 Å². The average molecular weight is 339 g/mol. The third kappa shape index (κ3) is 3.29. The number of rotatable bonds is 3. The first-order chi connectivity index (χ1) is 12.3. The lowest BCUT2D eigenvalue weighted by Gasteiger charge is -2.30. The predicted octanol–water partition coefficient (Wildman–Crippen LogP) is 2.27. The molecule has 0 radical (unpaired) electrons. The van der Waals surface area contributed by atoms with Crippen LogP contribution in [0, 0.1) is 17.2 Å². The summed E-state index contributed by atoms with van der Waals surface area (Å²) in [5.74, 6) is 0.862. The van der Waals surface area contributed by atoms with E-state index in [0.717, 1.165) is 51.6 Å². The average Bonchev–Trinajstić information content (AvgIpc) is 3.25. The molecule has 1 aromatic rings. The van der Waals surface area contributed by atoms with Crippen molar-refractivity contribution in [2.24, 2.45) is 5.92 Å². The number of nitriles is 1. The summed E-state index contributed by atoms with van der Waals surface area (Å²) in [4.78, 5) is 17.6. The van der Waals surface area contributed by atoms with E-state index in [1.54, 1.807) is 24.3 Å². The molecule has 0 saturated carbocycles. The molecule has 2 atom stereocenters. The van der Waals surface area contributed by atoms with Gasteiger partial charge in [-0.1, -0.05) is 0 Å². The number of benzene rings is 1. The van der Waals surface area contributed by atoms with Crippen LogP contribution >= 0.6 is 0 Å². The van der Waals surface area contributed by atoms with E-state index in [2.05, 4.69) is 15.9 Å². The minimum Gasteiger partial charge on any atom is -0.381 e. The van der Waals surface area contributed by atoms with E-state index in [9.17, 15) is 4.79 Å². The molecule has 1 amide bonds. The number of ether oxygens (including phenoxy) is 1. The first-order valence-corrected chi connectivity index (χ1v) is 9.39. The van der Waals surface area contributed by atoms with Crippen LogP contribution in [0.3, 0.4) is 0 Å². The summed E-state index contributed by atoms with van der Waals surface area (Å²) in [5.41, 5.74) is 1.29. The highest BCUT2D eigenvalue weighted by atomic mass is 16.5. The van der Waals surface area contributed by atoms with E-state index in [0.29, 0.717) is 23.2 Å². The Morgan fingerprint density at radius 2 is 1.80 bits per heavy atom. The van der Waals surface area contributed by atoms with Crippen molar-refractivity contribution in [3.8, 4) is 6.07 Å². The number of likely N-dealkylation sites (tertiary alicyclic amines) is 2. The van der Waals surface area contributed by atoms with Crippen LogP contribution in [-0.4, -0.2) is 60.6 Å². The number of carbonyl (C=O) groups excluding carboxylic acids is 1. The third-order valence-electron chi connectivity index (χ3n) is 6.05. The minimum atomic E-state index is 0.116. The van der Waals surface area contributed by atoms with Gasteiger partial charge in [-0.25, -0.2) is 0 Å². The van der Waals surface area contributed by atoms with Crippen LogP contribution in [0.15, 0.2) is 24.3 Å². The Hall–Kier alpha value is -1.90. The maximum Gasteiger partial charge on any atom is 0.254 e. The van der Waals surface area contributed by atoms with Crippen molar-refractivity contribution in [2.45, 2.75) is 37.8 Å². The molecule has 3 aliphatic rings. The Bertz CT molecular complexity index is 661. The van der Waals surface area contributed by atoms with Crippen molar-refractivity contribution in [2.75, 3.05) is 32.8 Å². The molecule has 0 aliphatic carbocycles. The highest BCUT2D eigenvalue weighted by molar-refractivity contribution is 5.94. The Balaban J connectivity index is 1.40. The molecule has 132 valence electrons. The summed E-state index contributed by atoms with van der Waals surface area (Å²) in [7, 11) is 0. The van der Waals surface area contributed by atoms with Crippen LogP contribution in [-0.2, 0) is 4.74 Å². The minimum absolute atomic E-state index is 0.116. The summed E-state index contributed by atoms with van der Waals surface area (Å²) in [6, 6.07) is 9.99. The van der Waals surface area contributed by atoms with Gasteiger partial charge in [0, 0.05) is 50.5 Å². The molecule has 0 aromatic heterocycles. The SMILES string of the molecule is N#Cc1ccc(C(=O)N2CC[C@H]3[C@H]2CCN3CC2CCOCC2)cc1. The van der Waals surface area contributed by atoms with Gasteiger partial charge in [-0.2, -0.15) is 5.26 Å². The standard InChI is InChI=1S/C20H25N3O2/c21-13-15-1-3-17(4-2-15)20(24)23-10-6-18-19(23)5-9-22(18)14-16-7-11-25-12-8-16/h1-4,16,18-19H,5-12,14H2/t18-,19+/m0/s1. The lowest BCUT2D eigenvalue weighted by molar-refractivity contribution is 0.0502. The molecule has 4 rings (SSSR count). The third-order valence-corrected chi connectivity index (χ3v) is 6.05. The zero-order valence-corrected chi connectivity index (χ0v) is 14.6. The summed E-state index contributed by atoms with van der Waals surface area (Å²) in [6.07, 6.45) is 4.50. The second-order valence-corrected chi connectivity index (χ2v) is 7.45. The van der Waals surface area contributed by atoms with E-state index in [1.165, 1.54) is 12.8 Å². The van der Waals surface area contributed by atoms with Crippen molar-refractivity contribution in [1.29, 1.82) is 5.26 Å². The second-order valence-electron chi connectivity index (χ2n) is 7.45. The predicted molar refractivity (Wildman–Crippen MR) is 94.1 cm³/mol. The van der Waals surface area contributed by atoms with Crippen LogP contribution in [0.25, 0.3) is 0 Å². The summed E-state index contributed by atoms with van der Waals surface area (Å²) in [6.45, 7) is 4.90. The lowest BCUT2D eigenvalue weighted by Crippen LogP contribution is -2.41. The number of fused-ring (bicyclic) bond motifs is 1. The van der Waals surface area contributed by atoms with Gasteiger partial charge in [-0.3, -0.25) is 9.69 Å². The second kappa shape index (κ2) is 7.15. The first kappa shape index (κ1) is 16.6. The van der Waals surface area contributed by atoms with Crippen LogP contribution in [0.1, 0.15) is 41.6 Å². The van der Waals surface area contributed by atoms with E-state index in [-0.39, 0.29) is 5.91 Å². The van der Waals surface area contributed by atoms with Gasteiger partial charge in [0.2, 0.25) is 0 Å². The molecule has 3 fully saturated rings. The fraction of sp³-hybridized carbons (Fsp3) is 0.600. The molecule has 25 heavy (non-hydrogen) atoms. The molecule has 5 heteroatoms. The molecular weight excluding hydrogens is 314 g/mol. The van der Waals surface area contributed by atoms with Gasteiger partial charge < -0.3 is 9.64 Å². The zero-order chi connectivity index (χ0) is 17.2. The fourth-order valence-corrected chi connectivity index (χ4v) is 4.67. The molecule has 5 nitrogen and oxygen atoms in total. The van der Waals surface area contributed by atoms with Gasteiger partial charge in [0.1, 0.15) is 0 Å². The van der Waals surface area contributed by atoms with Crippen LogP contribution in [0.2, 0.25) is 0 Å². The van der Waals surface area contributed by atoms with Gasteiger partial charge in [-0.05, 0) is 55.9 Å². The molecule has 3 aliphatic heterocycles. The monoisotopic (exact) mass is 339 g/mol. The molecule has 0 bridgehead atoms. The van der Waals surface area contributed by atoms with Gasteiger partial charge in [0.15, 0.2) is 0 Å². The van der Waals surface area contributed by atoms with Crippen molar-refractivity contribution in [1.82, 2.24) is 9.80 Å². The lowest BCUT2D eigenvalue weighted by atomic mass is 9.99. The zero-order valence-electron chi connectivity index (χ0n) is 14.6. The normalized spacial score (nSPS) is 27.2. The first-order valence-electron chi connectivity index (χ1n) is 9.39. The molecule has 0 unspecified atom stereocenters. The van der Waals surface area contributed by atoms with Crippen molar-refractivity contribution in [3.05, 3.63) is 35.4 Å². The summed E-state index contributed by atoms with van der Waals surface area (Å²) in [5, 5.41) is 8.91. The number of nitrogens with zero attached hydrogens (tertiary/aromatic N) is 3. The highest BCUT2D eigenvalue weighted by Gasteiger charge is 2.44. The summed E-state index contributed by atoms with van der Waals surface area (Å²) >= 11 is 0. The Labute approximate surface area is 149 Å². The maximum atomic E-state index is 12.9. The van der Waals surface area contributed by atoms with E-state index in [4.69, 9.17) is 10.00 Å². The summed E-state index contributed by atoms with van der Waals surface area (Å²) < 4.78 is 5.47. The number of carbonyl (C=O) groups is 1. The molecule has 3 saturated heterocycles. The van der Waals surface area contributed by atoms with E-state index in [1.807, 2.05) is 0 Å². The largest absolute Gasteiger partial charge is 0.381 e.